The summed E-state index contributed by atoms with van der Waals surface area (Å²) in [6.07, 6.45) is 0. The van der Waals surface area contributed by atoms with Gasteiger partial charge in [-0.25, -0.2) is 0 Å². The zero-order valence-corrected chi connectivity index (χ0v) is 14.2. The molecule has 4 rings (SSSR count). The minimum absolute atomic E-state index is 0.121. The number of nitrogens with one attached hydrogen (secondary N) is 1. The first-order chi connectivity index (χ1) is 11.9. The number of benzene rings is 3. The standard InChI is InChI=1S/C20H18NO2S/c1-22-14-23-15-10-12-16(13-11-15)24-19-8-4-2-6-17(19)21-18-7-3-5-9-20(18)24/h2-13,21H,14H2,1H3/q+1. The van der Waals surface area contributed by atoms with Crippen LogP contribution in [0.1, 0.15) is 0 Å². The maximum Gasteiger partial charge on any atom is 0.190 e. The monoisotopic (exact) mass is 336 g/mol. The second kappa shape index (κ2) is 6.59. The first-order valence-electron chi connectivity index (χ1n) is 7.78. The summed E-state index contributed by atoms with van der Waals surface area (Å²) in [6.45, 7) is 0.265. The molecule has 1 aliphatic rings. The molecule has 24 heavy (non-hydrogen) atoms. The molecule has 1 aliphatic heterocycles. The number of anilines is 2. The molecule has 0 saturated heterocycles. The number of rotatable bonds is 4. The third-order valence-corrected chi connectivity index (χ3v) is 6.22. The van der Waals surface area contributed by atoms with Crippen LogP contribution in [-0.4, -0.2) is 13.9 Å². The van der Waals surface area contributed by atoms with Crippen molar-refractivity contribution in [1.29, 1.82) is 0 Å². The van der Waals surface area contributed by atoms with E-state index in [1.165, 1.54) is 26.1 Å². The Morgan fingerprint density at radius 1 is 0.792 bits per heavy atom. The predicted molar refractivity (Wildman–Crippen MR) is 97.3 cm³/mol. The fraction of sp³-hybridized carbons (Fsp3) is 0.100. The van der Waals surface area contributed by atoms with Crippen molar-refractivity contribution in [1.82, 2.24) is 0 Å². The molecule has 3 aromatic rings. The van der Waals surface area contributed by atoms with Gasteiger partial charge in [-0.3, -0.25) is 0 Å². The van der Waals surface area contributed by atoms with Crippen LogP contribution in [0, 0.1) is 0 Å². The van der Waals surface area contributed by atoms with E-state index in [0.29, 0.717) is 0 Å². The predicted octanol–water partition coefficient (Wildman–Crippen LogP) is 4.82. The lowest BCUT2D eigenvalue weighted by Gasteiger charge is -2.20. The number of para-hydroxylation sites is 2. The van der Waals surface area contributed by atoms with Gasteiger partial charge in [-0.1, -0.05) is 24.3 Å². The van der Waals surface area contributed by atoms with E-state index in [-0.39, 0.29) is 17.7 Å². The van der Waals surface area contributed by atoms with E-state index < -0.39 is 0 Å². The molecule has 0 aliphatic carbocycles. The third-order valence-electron chi connectivity index (χ3n) is 3.89. The fourth-order valence-corrected chi connectivity index (χ4v) is 5.07. The highest BCUT2D eigenvalue weighted by molar-refractivity contribution is 7.97. The van der Waals surface area contributed by atoms with Crippen LogP contribution in [0.15, 0.2) is 87.5 Å². The van der Waals surface area contributed by atoms with Crippen LogP contribution in [0.4, 0.5) is 11.4 Å². The van der Waals surface area contributed by atoms with Crippen molar-refractivity contribution in [3.05, 3.63) is 72.8 Å². The Balaban J connectivity index is 1.77. The van der Waals surface area contributed by atoms with Gasteiger partial charge in [0.2, 0.25) is 0 Å². The molecule has 0 atom stereocenters. The smallest absolute Gasteiger partial charge is 0.190 e. The molecule has 1 heterocycles. The van der Waals surface area contributed by atoms with Crippen LogP contribution in [0.5, 0.6) is 5.75 Å². The van der Waals surface area contributed by atoms with Crippen molar-refractivity contribution in [2.75, 3.05) is 19.2 Å². The second-order valence-electron chi connectivity index (χ2n) is 5.45. The van der Waals surface area contributed by atoms with Crippen molar-refractivity contribution < 1.29 is 9.47 Å². The Morgan fingerprint density at radius 2 is 1.38 bits per heavy atom. The molecule has 0 fully saturated rings. The molecular formula is C20H18NO2S+. The molecule has 0 radical (unpaired) electrons. The van der Waals surface area contributed by atoms with Gasteiger partial charge in [0.05, 0.1) is 11.4 Å². The lowest BCUT2D eigenvalue weighted by Crippen LogP contribution is -2.14. The summed E-state index contributed by atoms with van der Waals surface area (Å²) in [5.74, 6) is 0.820. The van der Waals surface area contributed by atoms with Crippen molar-refractivity contribution >= 4 is 22.3 Å². The van der Waals surface area contributed by atoms with E-state index in [4.69, 9.17) is 9.47 Å². The van der Waals surface area contributed by atoms with Crippen LogP contribution in [0.2, 0.25) is 0 Å². The van der Waals surface area contributed by atoms with E-state index in [1.807, 2.05) is 12.1 Å². The zero-order chi connectivity index (χ0) is 16.4. The van der Waals surface area contributed by atoms with Gasteiger partial charge >= 0.3 is 0 Å². The normalized spacial score (nSPS) is 12.9. The van der Waals surface area contributed by atoms with Gasteiger partial charge in [0.25, 0.3) is 0 Å². The van der Waals surface area contributed by atoms with Crippen molar-refractivity contribution in [3.63, 3.8) is 0 Å². The maximum atomic E-state index is 5.50. The maximum absolute atomic E-state index is 5.50. The Labute approximate surface area is 144 Å². The largest absolute Gasteiger partial charge is 0.468 e. The summed E-state index contributed by atoms with van der Waals surface area (Å²) >= 11 is 0. The van der Waals surface area contributed by atoms with E-state index in [1.54, 1.807) is 7.11 Å². The quantitative estimate of drug-likeness (QED) is 0.428. The van der Waals surface area contributed by atoms with E-state index in [2.05, 4.69) is 66.0 Å². The SMILES string of the molecule is COCOc1ccc([S+]2c3ccccc3Nc3ccccc32)cc1. The molecule has 0 amide bonds. The molecule has 0 unspecified atom stereocenters. The highest BCUT2D eigenvalue weighted by Gasteiger charge is 2.37. The van der Waals surface area contributed by atoms with Gasteiger partial charge in [-0.2, -0.15) is 0 Å². The van der Waals surface area contributed by atoms with Crippen molar-refractivity contribution in [2.45, 2.75) is 14.7 Å². The zero-order valence-electron chi connectivity index (χ0n) is 13.4. The van der Waals surface area contributed by atoms with Crippen molar-refractivity contribution in [2.24, 2.45) is 0 Å². The summed E-state index contributed by atoms with van der Waals surface area (Å²) in [7, 11) is 1.50. The molecule has 3 aromatic carbocycles. The van der Waals surface area contributed by atoms with Gasteiger partial charge in [-0.15, -0.1) is 0 Å². The molecular weight excluding hydrogens is 318 g/mol. The Hall–Kier alpha value is -2.43. The minimum Gasteiger partial charge on any atom is -0.468 e. The van der Waals surface area contributed by atoms with Gasteiger partial charge < -0.3 is 14.8 Å². The Kier molecular flexibility index (Phi) is 4.15. The van der Waals surface area contributed by atoms with E-state index in [0.717, 1.165) is 5.75 Å². The van der Waals surface area contributed by atoms with Gasteiger partial charge in [-0.05, 0) is 48.5 Å². The fourth-order valence-electron chi connectivity index (χ4n) is 2.81. The van der Waals surface area contributed by atoms with Crippen LogP contribution in [0.25, 0.3) is 0 Å². The van der Waals surface area contributed by atoms with Crippen LogP contribution in [-0.2, 0) is 15.6 Å². The summed E-state index contributed by atoms with van der Waals surface area (Å²) in [5, 5.41) is 3.55. The summed E-state index contributed by atoms with van der Waals surface area (Å²) in [6, 6.07) is 25.3. The van der Waals surface area contributed by atoms with Crippen LogP contribution < -0.4 is 10.1 Å². The molecule has 120 valence electrons. The van der Waals surface area contributed by atoms with E-state index in [9.17, 15) is 0 Å². The lowest BCUT2D eigenvalue weighted by atomic mass is 10.2. The molecule has 1 N–H and O–H groups in total. The Morgan fingerprint density at radius 3 is 1.96 bits per heavy atom. The van der Waals surface area contributed by atoms with Gasteiger partial charge in [0.1, 0.15) is 16.6 Å². The molecule has 0 spiro atoms. The summed E-state index contributed by atoms with van der Waals surface area (Å²) in [5.41, 5.74) is 2.36. The van der Waals surface area contributed by atoms with Crippen LogP contribution in [0.3, 0.4) is 0 Å². The van der Waals surface area contributed by atoms with Gasteiger partial charge in [0.15, 0.2) is 21.5 Å². The first-order valence-corrected chi connectivity index (χ1v) is 9.00. The summed E-state index contributed by atoms with van der Waals surface area (Å²) in [4.78, 5) is 3.92. The molecule has 3 nitrogen and oxygen atoms in total. The van der Waals surface area contributed by atoms with Crippen LogP contribution >= 0.6 is 0 Å². The lowest BCUT2D eigenvalue weighted by molar-refractivity contribution is 0.0511. The molecule has 0 saturated carbocycles. The Bertz CT molecular complexity index is 803. The van der Waals surface area contributed by atoms with Gasteiger partial charge in [0, 0.05) is 7.11 Å². The molecule has 4 heteroatoms. The van der Waals surface area contributed by atoms with E-state index >= 15 is 0 Å². The minimum atomic E-state index is -0.121. The highest BCUT2D eigenvalue weighted by Crippen LogP contribution is 2.44. The topological polar surface area (TPSA) is 30.5 Å². The highest BCUT2D eigenvalue weighted by atomic mass is 32.2. The molecule has 0 aromatic heterocycles. The third kappa shape index (κ3) is 2.75. The summed E-state index contributed by atoms with van der Waals surface area (Å²) < 4.78 is 10.5. The number of fused-ring (bicyclic) bond motifs is 2. The average Bonchev–Trinajstić information content (AvgIpc) is 2.65. The number of ether oxygens (including phenoxy) is 2. The molecule has 0 bridgehead atoms. The number of hydrogen-bond acceptors (Lipinski definition) is 3. The number of hydrogen-bond donors (Lipinski definition) is 1. The first kappa shape index (κ1) is 15.1. The second-order valence-corrected chi connectivity index (χ2v) is 7.41. The average molecular weight is 336 g/mol. The number of methoxy groups -OCH3 is 1. The van der Waals surface area contributed by atoms with Crippen molar-refractivity contribution in [3.8, 4) is 5.75 Å².